The number of nitrogens with zero attached hydrogens (tertiary/aromatic N) is 4. The van der Waals surface area contributed by atoms with Crippen molar-refractivity contribution in [2.24, 2.45) is 10.9 Å². The minimum atomic E-state index is -0.332. The fourth-order valence-corrected chi connectivity index (χ4v) is 3.91. The van der Waals surface area contributed by atoms with Crippen molar-refractivity contribution in [3.05, 3.63) is 41.3 Å². The maximum absolute atomic E-state index is 13.2. The molecule has 7 nitrogen and oxygen atoms in total. The highest BCUT2D eigenvalue weighted by Gasteiger charge is 2.19. The molecule has 1 aliphatic rings. The van der Waals surface area contributed by atoms with E-state index in [1.807, 2.05) is 0 Å². The van der Waals surface area contributed by atoms with Gasteiger partial charge in [-0.2, -0.15) is 10.4 Å². The first-order chi connectivity index (χ1) is 15.0. The van der Waals surface area contributed by atoms with Crippen molar-refractivity contribution >= 4 is 11.8 Å². The number of benzene rings is 1. The number of nitrogen functional groups attached to an aromatic ring is 1. The van der Waals surface area contributed by atoms with Gasteiger partial charge >= 0.3 is 0 Å². The highest BCUT2D eigenvalue weighted by atomic mass is 19.1. The van der Waals surface area contributed by atoms with Crippen molar-refractivity contribution in [3.8, 4) is 11.8 Å². The lowest BCUT2D eigenvalue weighted by Crippen LogP contribution is -2.44. The van der Waals surface area contributed by atoms with Gasteiger partial charge < -0.3 is 16.4 Å². The lowest BCUT2D eigenvalue weighted by Gasteiger charge is -2.28. The first-order valence-electron chi connectivity index (χ1n) is 11.1. The molecular formula is C23H32FN7. The molecule has 0 unspecified atom stereocenters. The maximum Gasteiger partial charge on any atom is 0.191 e. The Labute approximate surface area is 183 Å². The molecule has 1 aliphatic carbocycles. The van der Waals surface area contributed by atoms with Crippen LogP contribution < -0.4 is 16.4 Å². The highest BCUT2D eigenvalue weighted by molar-refractivity contribution is 5.80. The number of aromatic nitrogens is 2. The Kier molecular flexibility index (Phi) is 7.88. The Balaban J connectivity index is 1.61. The number of aryl methyl sites for hydroxylation is 1. The minimum absolute atomic E-state index is 0.272. The zero-order chi connectivity index (χ0) is 22.2. The largest absolute Gasteiger partial charge is 0.382 e. The summed E-state index contributed by atoms with van der Waals surface area (Å²) in [5.74, 6) is 1.60. The second-order valence-corrected chi connectivity index (χ2v) is 8.17. The Morgan fingerprint density at radius 1 is 1.29 bits per heavy atom. The van der Waals surface area contributed by atoms with Crippen LogP contribution in [0.5, 0.6) is 0 Å². The van der Waals surface area contributed by atoms with Crippen LogP contribution in [0.25, 0.3) is 5.69 Å². The molecular weight excluding hydrogens is 393 g/mol. The van der Waals surface area contributed by atoms with Gasteiger partial charge in [-0.3, -0.25) is 4.99 Å². The zero-order valence-electron chi connectivity index (χ0n) is 18.4. The third kappa shape index (κ3) is 5.97. The van der Waals surface area contributed by atoms with Crippen molar-refractivity contribution in [2.75, 3.05) is 18.8 Å². The van der Waals surface area contributed by atoms with Crippen LogP contribution in [0.1, 0.15) is 57.2 Å². The summed E-state index contributed by atoms with van der Waals surface area (Å²) in [5.41, 5.74) is 7.76. The maximum atomic E-state index is 13.2. The molecule has 0 radical (unpaired) electrons. The Bertz CT molecular complexity index is 919. The first kappa shape index (κ1) is 22.6. The van der Waals surface area contributed by atoms with E-state index in [-0.39, 0.29) is 11.6 Å². The molecule has 166 valence electrons. The van der Waals surface area contributed by atoms with Gasteiger partial charge in [0, 0.05) is 19.1 Å². The molecule has 1 heterocycles. The number of guanidine groups is 1. The van der Waals surface area contributed by atoms with Gasteiger partial charge in [0.05, 0.1) is 11.4 Å². The number of anilines is 1. The lowest BCUT2D eigenvalue weighted by atomic mass is 9.87. The molecule has 0 atom stereocenters. The Morgan fingerprint density at radius 2 is 2.00 bits per heavy atom. The SMILES string of the molecule is CCNC(=NCCCc1nn(-c2ccc(F)cc2)c(N)c1C#N)NC1CCC(C)CC1. The number of hydrogen-bond acceptors (Lipinski definition) is 4. The number of halogens is 1. The van der Waals surface area contributed by atoms with Crippen molar-refractivity contribution in [2.45, 2.75) is 58.4 Å². The van der Waals surface area contributed by atoms with Gasteiger partial charge in [-0.25, -0.2) is 9.07 Å². The molecule has 4 N–H and O–H groups in total. The van der Waals surface area contributed by atoms with Crippen molar-refractivity contribution in [1.82, 2.24) is 20.4 Å². The van der Waals surface area contributed by atoms with E-state index in [1.54, 1.807) is 12.1 Å². The van der Waals surface area contributed by atoms with Gasteiger partial charge in [0.2, 0.25) is 0 Å². The van der Waals surface area contributed by atoms with E-state index < -0.39 is 0 Å². The Morgan fingerprint density at radius 3 is 2.65 bits per heavy atom. The van der Waals surface area contributed by atoms with Crippen LogP contribution in [0.15, 0.2) is 29.3 Å². The minimum Gasteiger partial charge on any atom is -0.382 e. The molecule has 0 saturated heterocycles. The van der Waals surface area contributed by atoms with Crippen LogP contribution in [0, 0.1) is 23.1 Å². The first-order valence-corrected chi connectivity index (χ1v) is 11.1. The molecule has 0 bridgehead atoms. The number of nitrogens with two attached hydrogens (primary N) is 1. The third-order valence-electron chi connectivity index (χ3n) is 5.72. The monoisotopic (exact) mass is 425 g/mol. The number of nitriles is 1. The molecule has 8 heteroatoms. The van der Waals surface area contributed by atoms with Gasteiger partial charge in [0.15, 0.2) is 5.96 Å². The van der Waals surface area contributed by atoms with Crippen molar-refractivity contribution < 1.29 is 4.39 Å². The molecule has 0 spiro atoms. The van der Waals surface area contributed by atoms with Crippen molar-refractivity contribution in [1.29, 1.82) is 5.26 Å². The second kappa shape index (κ2) is 10.8. The van der Waals surface area contributed by atoms with Gasteiger partial charge in [-0.1, -0.05) is 6.92 Å². The molecule has 0 aliphatic heterocycles. The average Bonchev–Trinajstić information content (AvgIpc) is 3.08. The van der Waals surface area contributed by atoms with Crippen LogP contribution in [-0.2, 0) is 6.42 Å². The molecule has 2 aromatic rings. The lowest BCUT2D eigenvalue weighted by molar-refractivity contribution is 0.329. The summed E-state index contributed by atoms with van der Waals surface area (Å²) >= 11 is 0. The standard InChI is InChI=1S/C23H32FN7/c1-3-27-23(29-18-10-6-16(2)7-11-18)28-14-4-5-21-20(15-25)22(26)31(30-21)19-12-8-17(24)9-13-19/h8-9,12-13,16,18H,3-7,10-11,14,26H2,1-2H3,(H2,27,28,29). The summed E-state index contributed by atoms with van der Waals surface area (Å²) in [6.45, 7) is 5.80. The van der Waals surface area contributed by atoms with Crippen molar-refractivity contribution in [3.63, 3.8) is 0 Å². The van der Waals surface area contributed by atoms with Gasteiger partial charge in [-0.05, 0) is 75.6 Å². The summed E-state index contributed by atoms with van der Waals surface area (Å²) in [6.07, 6.45) is 6.20. The summed E-state index contributed by atoms with van der Waals surface area (Å²) in [4.78, 5) is 4.70. The average molecular weight is 426 g/mol. The summed E-state index contributed by atoms with van der Waals surface area (Å²) in [7, 11) is 0. The smallest absolute Gasteiger partial charge is 0.191 e. The van der Waals surface area contributed by atoms with E-state index in [0.29, 0.717) is 36.0 Å². The van der Waals surface area contributed by atoms with E-state index in [2.05, 4.69) is 35.6 Å². The van der Waals surface area contributed by atoms with E-state index in [9.17, 15) is 9.65 Å². The normalized spacial score (nSPS) is 19.1. The molecule has 3 rings (SSSR count). The predicted octanol–water partition coefficient (Wildman–Crippen LogP) is 3.53. The van der Waals surface area contributed by atoms with E-state index in [0.717, 1.165) is 24.8 Å². The van der Waals surface area contributed by atoms with Gasteiger partial charge in [0.1, 0.15) is 23.3 Å². The van der Waals surface area contributed by atoms with E-state index >= 15 is 0 Å². The third-order valence-corrected chi connectivity index (χ3v) is 5.72. The molecule has 1 fully saturated rings. The number of rotatable bonds is 7. The second-order valence-electron chi connectivity index (χ2n) is 8.17. The fourth-order valence-electron chi connectivity index (χ4n) is 3.91. The fraction of sp³-hybridized carbons (Fsp3) is 0.522. The zero-order valence-corrected chi connectivity index (χ0v) is 18.4. The van der Waals surface area contributed by atoms with Crippen LogP contribution in [-0.4, -0.2) is 34.9 Å². The molecule has 31 heavy (non-hydrogen) atoms. The summed E-state index contributed by atoms with van der Waals surface area (Å²) < 4.78 is 14.7. The predicted molar refractivity (Wildman–Crippen MR) is 122 cm³/mol. The molecule has 1 aromatic carbocycles. The number of aliphatic imine (C=N–C) groups is 1. The van der Waals surface area contributed by atoms with Gasteiger partial charge in [-0.15, -0.1) is 0 Å². The number of nitrogens with one attached hydrogen (secondary N) is 2. The number of hydrogen-bond donors (Lipinski definition) is 3. The summed E-state index contributed by atoms with van der Waals surface area (Å²) in [5, 5.41) is 20.9. The van der Waals surface area contributed by atoms with Crippen LogP contribution in [0.2, 0.25) is 0 Å². The van der Waals surface area contributed by atoms with Crippen LogP contribution >= 0.6 is 0 Å². The molecule has 1 aromatic heterocycles. The highest BCUT2D eigenvalue weighted by Crippen LogP contribution is 2.23. The summed E-state index contributed by atoms with van der Waals surface area (Å²) in [6, 6.07) is 8.50. The van der Waals surface area contributed by atoms with E-state index in [1.165, 1.54) is 42.5 Å². The van der Waals surface area contributed by atoms with E-state index in [4.69, 9.17) is 10.7 Å². The molecule has 1 saturated carbocycles. The van der Waals surface area contributed by atoms with Crippen LogP contribution in [0.4, 0.5) is 10.2 Å². The van der Waals surface area contributed by atoms with Crippen LogP contribution in [0.3, 0.4) is 0 Å². The molecule has 0 amide bonds. The van der Waals surface area contributed by atoms with Gasteiger partial charge in [0.25, 0.3) is 0 Å². The topological polar surface area (TPSA) is 104 Å². The Hall–Kier alpha value is -3.08. The quantitative estimate of drug-likeness (QED) is 0.358.